The van der Waals surface area contributed by atoms with E-state index in [1.54, 1.807) is 12.3 Å². The van der Waals surface area contributed by atoms with Crippen molar-refractivity contribution in [2.75, 3.05) is 37.6 Å². The van der Waals surface area contributed by atoms with Crippen LogP contribution in [0.3, 0.4) is 0 Å². The lowest BCUT2D eigenvalue weighted by Gasteiger charge is -2.22. The van der Waals surface area contributed by atoms with E-state index in [1.807, 2.05) is 4.90 Å². The van der Waals surface area contributed by atoms with Crippen molar-refractivity contribution in [3.63, 3.8) is 0 Å². The van der Waals surface area contributed by atoms with E-state index < -0.39 is 11.9 Å². The van der Waals surface area contributed by atoms with Gasteiger partial charge in [-0.15, -0.1) is 0 Å². The van der Waals surface area contributed by atoms with Gasteiger partial charge in [0.1, 0.15) is 11.5 Å². The molecule has 3 aromatic rings. The molecule has 0 saturated carbocycles. The van der Waals surface area contributed by atoms with Gasteiger partial charge >= 0.3 is 6.18 Å². The number of carbonyl (C=O) groups is 1. The van der Waals surface area contributed by atoms with E-state index in [9.17, 15) is 18.0 Å². The Morgan fingerprint density at radius 2 is 1.93 bits per heavy atom. The fourth-order valence-corrected chi connectivity index (χ4v) is 3.43. The third kappa shape index (κ3) is 4.17. The van der Waals surface area contributed by atoms with Crippen LogP contribution in [0.1, 0.15) is 12.1 Å². The molecule has 0 aliphatic carbocycles. The number of alkyl halides is 3. The highest BCUT2D eigenvalue weighted by atomic mass is 19.4. The third-order valence-corrected chi connectivity index (χ3v) is 4.85. The summed E-state index contributed by atoms with van der Waals surface area (Å²) in [6, 6.07) is 1.75. The maximum absolute atomic E-state index is 13.0. The minimum Gasteiger partial charge on any atom is -0.369 e. The van der Waals surface area contributed by atoms with E-state index in [4.69, 9.17) is 5.73 Å². The second-order valence-corrected chi connectivity index (χ2v) is 6.96. The topological polar surface area (TPSA) is 106 Å². The largest absolute Gasteiger partial charge is 0.434 e. The van der Waals surface area contributed by atoms with E-state index in [1.165, 1.54) is 10.6 Å². The summed E-state index contributed by atoms with van der Waals surface area (Å²) in [6.45, 7) is 2.97. The zero-order valence-electron chi connectivity index (χ0n) is 15.9. The fourth-order valence-electron chi connectivity index (χ4n) is 3.43. The van der Waals surface area contributed by atoms with Gasteiger partial charge in [-0.25, -0.2) is 19.9 Å². The molecule has 1 amide bonds. The minimum absolute atomic E-state index is 0.209. The quantitative estimate of drug-likeness (QED) is 0.676. The Morgan fingerprint density at radius 1 is 1.10 bits per heavy atom. The van der Waals surface area contributed by atoms with Crippen molar-refractivity contribution in [3.8, 4) is 11.5 Å². The van der Waals surface area contributed by atoms with Gasteiger partial charge in [0.15, 0.2) is 17.2 Å². The molecule has 9 nitrogen and oxygen atoms in total. The molecule has 1 aliphatic heterocycles. The van der Waals surface area contributed by atoms with E-state index in [0.29, 0.717) is 24.6 Å². The molecule has 1 aliphatic rings. The summed E-state index contributed by atoms with van der Waals surface area (Å²) in [5.41, 5.74) is 4.86. The lowest BCUT2D eigenvalue weighted by molar-refractivity contribution is -0.141. The number of hydrogen-bond acceptors (Lipinski definition) is 7. The van der Waals surface area contributed by atoms with Gasteiger partial charge in [-0.1, -0.05) is 0 Å². The van der Waals surface area contributed by atoms with Crippen LogP contribution in [-0.4, -0.2) is 67.9 Å². The molecule has 0 aromatic carbocycles. The number of primary amides is 1. The van der Waals surface area contributed by atoms with Crippen LogP contribution in [0.5, 0.6) is 0 Å². The Morgan fingerprint density at radius 3 is 2.70 bits per heavy atom. The Labute approximate surface area is 169 Å². The number of amides is 1. The molecular weight excluding hydrogens is 401 g/mol. The van der Waals surface area contributed by atoms with Crippen molar-refractivity contribution in [1.29, 1.82) is 0 Å². The molecule has 12 heteroatoms. The Hall–Kier alpha value is -3.28. The molecular formula is C18H19F3N8O. The molecule has 0 radical (unpaired) electrons. The minimum atomic E-state index is -4.57. The van der Waals surface area contributed by atoms with Gasteiger partial charge in [0.2, 0.25) is 5.91 Å². The van der Waals surface area contributed by atoms with Gasteiger partial charge < -0.3 is 10.6 Å². The molecule has 3 aromatic heterocycles. The number of nitrogens with two attached hydrogens (primary N) is 1. The van der Waals surface area contributed by atoms with Crippen molar-refractivity contribution >= 4 is 17.4 Å². The maximum atomic E-state index is 13.0. The molecule has 4 rings (SSSR count). The van der Waals surface area contributed by atoms with Crippen LogP contribution in [-0.2, 0) is 11.0 Å². The van der Waals surface area contributed by atoms with Crippen LogP contribution >= 0.6 is 0 Å². The summed E-state index contributed by atoms with van der Waals surface area (Å²) < 4.78 is 40.4. The number of anilines is 1. The molecule has 0 unspecified atom stereocenters. The Bertz CT molecular complexity index is 1070. The van der Waals surface area contributed by atoms with Crippen molar-refractivity contribution < 1.29 is 18.0 Å². The number of nitrogens with zero attached hydrogens (tertiary/aromatic N) is 7. The number of carbonyl (C=O) groups excluding carboxylic acids is 1. The zero-order chi connectivity index (χ0) is 21.3. The second kappa shape index (κ2) is 7.86. The first-order valence-electron chi connectivity index (χ1n) is 9.30. The smallest absolute Gasteiger partial charge is 0.369 e. The van der Waals surface area contributed by atoms with Gasteiger partial charge in [-0.05, 0) is 12.5 Å². The van der Waals surface area contributed by atoms with Crippen LogP contribution in [0.25, 0.3) is 17.2 Å². The summed E-state index contributed by atoms with van der Waals surface area (Å²) in [6.07, 6.45) is 1.20. The standard InChI is InChI=1S/C18H19F3N8O/c19-18(20,21)13-10-29-12(8-25-16(29)9-24-13)17-23-3-2-15(26-17)28-5-1-4-27(6-7-28)11-14(22)30/h2-3,8-10H,1,4-7,11H2,(H2,22,30). The molecule has 1 fully saturated rings. The molecule has 4 heterocycles. The van der Waals surface area contributed by atoms with Gasteiger partial charge in [0, 0.05) is 38.6 Å². The number of rotatable bonds is 4. The molecule has 0 atom stereocenters. The van der Waals surface area contributed by atoms with E-state index in [2.05, 4.69) is 24.8 Å². The van der Waals surface area contributed by atoms with Gasteiger partial charge in [0.05, 0.1) is 18.9 Å². The molecule has 158 valence electrons. The second-order valence-electron chi connectivity index (χ2n) is 6.96. The SMILES string of the molecule is NC(=O)CN1CCCN(c2ccnc(-c3cnc4cnc(C(F)(F)F)cn34)n2)CC1. The first-order chi connectivity index (χ1) is 14.3. The number of hydrogen-bond donors (Lipinski definition) is 1. The number of halogens is 3. The van der Waals surface area contributed by atoms with Crippen LogP contribution in [0, 0.1) is 0 Å². The number of imidazole rings is 1. The summed E-state index contributed by atoms with van der Waals surface area (Å²) in [5.74, 6) is 0.548. The summed E-state index contributed by atoms with van der Waals surface area (Å²) >= 11 is 0. The average Bonchev–Trinajstić information content (AvgIpc) is 2.99. The molecule has 2 N–H and O–H groups in total. The third-order valence-electron chi connectivity index (χ3n) is 4.85. The van der Waals surface area contributed by atoms with Crippen molar-refractivity contribution in [1.82, 2.24) is 29.2 Å². The summed E-state index contributed by atoms with van der Waals surface area (Å²) in [7, 11) is 0. The van der Waals surface area contributed by atoms with Crippen LogP contribution in [0.15, 0.2) is 30.9 Å². The monoisotopic (exact) mass is 420 g/mol. The van der Waals surface area contributed by atoms with Crippen molar-refractivity contribution in [3.05, 3.63) is 36.5 Å². The molecule has 30 heavy (non-hydrogen) atoms. The first kappa shape index (κ1) is 20.0. The highest BCUT2D eigenvalue weighted by Crippen LogP contribution is 2.28. The Kier molecular flexibility index (Phi) is 5.24. The highest BCUT2D eigenvalue weighted by Gasteiger charge is 2.33. The van der Waals surface area contributed by atoms with E-state index >= 15 is 0 Å². The lowest BCUT2D eigenvalue weighted by Crippen LogP contribution is -2.36. The summed E-state index contributed by atoms with van der Waals surface area (Å²) in [5, 5.41) is 0. The predicted molar refractivity (Wildman–Crippen MR) is 101 cm³/mol. The lowest BCUT2D eigenvalue weighted by atomic mass is 10.3. The van der Waals surface area contributed by atoms with Crippen molar-refractivity contribution in [2.24, 2.45) is 5.73 Å². The van der Waals surface area contributed by atoms with Gasteiger partial charge in [0.25, 0.3) is 0 Å². The maximum Gasteiger partial charge on any atom is 0.434 e. The van der Waals surface area contributed by atoms with E-state index in [0.717, 1.165) is 31.9 Å². The highest BCUT2D eigenvalue weighted by molar-refractivity contribution is 5.75. The van der Waals surface area contributed by atoms with Crippen molar-refractivity contribution in [2.45, 2.75) is 12.6 Å². The molecule has 0 spiro atoms. The average molecular weight is 420 g/mol. The van der Waals surface area contributed by atoms with Crippen LogP contribution in [0.2, 0.25) is 0 Å². The zero-order valence-corrected chi connectivity index (χ0v) is 15.9. The first-order valence-corrected chi connectivity index (χ1v) is 9.30. The summed E-state index contributed by atoms with van der Waals surface area (Å²) in [4.78, 5) is 31.5. The Balaban J connectivity index is 1.62. The normalized spacial score (nSPS) is 16.0. The van der Waals surface area contributed by atoms with E-state index in [-0.39, 0.29) is 23.9 Å². The molecule has 1 saturated heterocycles. The molecule has 0 bridgehead atoms. The van der Waals surface area contributed by atoms with Gasteiger partial charge in [-0.3, -0.25) is 14.1 Å². The fraction of sp³-hybridized carbons (Fsp3) is 0.389. The van der Waals surface area contributed by atoms with Crippen LogP contribution in [0.4, 0.5) is 19.0 Å². The van der Waals surface area contributed by atoms with Gasteiger partial charge in [-0.2, -0.15) is 13.2 Å². The predicted octanol–water partition coefficient (Wildman–Crippen LogP) is 1.20. The number of fused-ring (bicyclic) bond motifs is 1. The van der Waals surface area contributed by atoms with Crippen LogP contribution < -0.4 is 10.6 Å². The number of aromatic nitrogens is 5.